The van der Waals surface area contributed by atoms with Crippen LogP contribution in [0.15, 0.2) is 12.4 Å². The molecule has 2 saturated heterocycles. The summed E-state index contributed by atoms with van der Waals surface area (Å²) in [5.74, 6) is 0. The van der Waals surface area contributed by atoms with E-state index in [1.807, 2.05) is 6.20 Å². The molecule has 0 bridgehead atoms. The van der Waals surface area contributed by atoms with Crippen molar-refractivity contribution in [3.05, 3.63) is 18.0 Å². The lowest BCUT2D eigenvalue weighted by Crippen LogP contribution is -2.46. The van der Waals surface area contributed by atoms with Crippen molar-refractivity contribution < 1.29 is 0 Å². The van der Waals surface area contributed by atoms with Crippen molar-refractivity contribution >= 4 is 0 Å². The lowest BCUT2D eigenvalue weighted by molar-refractivity contribution is 0.151. The van der Waals surface area contributed by atoms with Gasteiger partial charge in [-0.3, -0.25) is 14.5 Å². The Bertz CT molecular complexity index is 447. The molecule has 1 aromatic rings. The summed E-state index contributed by atoms with van der Waals surface area (Å²) in [6.45, 7) is 10.2. The van der Waals surface area contributed by atoms with Crippen LogP contribution in [0.5, 0.6) is 0 Å². The van der Waals surface area contributed by atoms with E-state index in [1.54, 1.807) is 0 Å². The van der Waals surface area contributed by atoms with Gasteiger partial charge < -0.3 is 5.73 Å². The molecule has 3 heterocycles. The minimum Gasteiger partial charge on any atom is -0.328 e. The molecule has 0 spiro atoms. The zero-order chi connectivity index (χ0) is 14.8. The third-order valence-electron chi connectivity index (χ3n) is 4.93. The molecular weight excluding hydrogens is 262 g/mol. The molecule has 0 amide bonds. The highest BCUT2D eigenvalue weighted by atomic mass is 15.3. The van der Waals surface area contributed by atoms with Gasteiger partial charge in [0.1, 0.15) is 0 Å². The molecule has 1 atom stereocenters. The van der Waals surface area contributed by atoms with Crippen LogP contribution in [-0.2, 0) is 6.54 Å². The highest BCUT2D eigenvalue weighted by molar-refractivity contribution is 5.05. The maximum atomic E-state index is 6.01. The van der Waals surface area contributed by atoms with Gasteiger partial charge in [0, 0.05) is 49.5 Å². The third-order valence-corrected chi connectivity index (χ3v) is 4.93. The number of hydrogen-bond acceptors (Lipinski definition) is 4. The topological polar surface area (TPSA) is 50.3 Å². The van der Waals surface area contributed by atoms with Gasteiger partial charge in [0.15, 0.2) is 0 Å². The second-order valence-electron chi connectivity index (χ2n) is 6.97. The molecule has 0 aromatic carbocycles. The molecule has 0 saturated carbocycles. The van der Waals surface area contributed by atoms with Crippen LogP contribution in [0.25, 0.3) is 0 Å². The van der Waals surface area contributed by atoms with Gasteiger partial charge in [-0.05, 0) is 46.2 Å². The van der Waals surface area contributed by atoms with Crippen molar-refractivity contribution in [1.82, 2.24) is 19.6 Å². The Hall–Kier alpha value is -0.910. The summed E-state index contributed by atoms with van der Waals surface area (Å²) in [5, 5.41) is 4.44. The number of likely N-dealkylation sites (tertiary alicyclic amines) is 2. The Balaban J connectivity index is 1.50. The summed E-state index contributed by atoms with van der Waals surface area (Å²) in [7, 11) is 0. The molecule has 5 heteroatoms. The molecule has 2 aliphatic heterocycles. The highest BCUT2D eigenvalue weighted by Gasteiger charge is 2.29. The van der Waals surface area contributed by atoms with Crippen molar-refractivity contribution in [1.29, 1.82) is 0 Å². The molecule has 1 aromatic heterocycles. The van der Waals surface area contributed by atoms with Crippen LogP contribution in [0.4, 0.5) is 0 Å². The first-order valence-corrected chi connectivity index (χ1v) is 8.37. The second kappa shape index (κ2) is 6.46. The van der Waals surface area contributed by atoms with Crippen molar-refractivity contribution in [3.8, 4) is 0 Å². The molecule has 118 valence electrons. The van der Waals surface area contributed by atoms with E-state index >= 15 is 0 Å². The number of nitrogens with zero attached hydrogens (tertiary/aromatic N) is 4. The first-order valence-electron chi connectivity index (χ1n) is 8.37. The van der Waals surface area contributed by atoms with E-state index in [-0.39, 0.29) is 0 Å². The molecule has 1 unspecified atom stereocenters. The summed E-state index contributed by atoms with van der Waals surface area (Å²) in [6, 6.07) is 1.61. The largest absolute Gasteiger partial charge is 0.328 e. The zero-order valence-corrected chi connectivity index (χ0v) is 13.4. The number of hydrogen-bond donors (Lipinski definition) is 1. The van der Waals surface area contributed by atoms with Gasteiger partial charge in [0.25, 0.3) is 0 Å². The third kappa shape index (κ3) is 3.65. The lowest BCUT2D eigenvalue weighted by atomic mass is 10.0. The van der Waals surface area contributed by atoms with Crippen LogP contribution in [0, 0.1) is 0 Å². The Kier molecular flexibility index (Phi) is 4.62. The summed E-state index contributed by atoms with van der Waals surface area (Å²) in [4.78, 5) is 5.22. The van der Waals surface area contributed by atoms with Gasteiger partial charge in [0.05, 0.1) is 6.20 Å². The molecule has 2 aliphatic rings. The number of rotatable bonds is 4. The van der Waals surface area contributed by atoms with E-state index in [9.17, 15) is 0 Å². The van der Waals surface area contributed by atoms with Gasteiger partial charge in [-0.1, -0.05) is 0 Å². The minimum atomic E-state index is 0.431. The van der Waals surface area contributed by atoms with E-state index < -0.39 is 0 Å². The molecule has 2 fully saturated rings. The van der Waals surface area contributed by atoms with E-state index in [2.05, 4.69) is 39.6 Å². The summed E-state index contributed by atoms with van der Waals surface area (Å²) in [6.07, 6.45) is 7.84. The molecule has 21 heavy (non-hydrogen) atoms. The van der Waals surface area contributed by atoms with Gasteiger partial charge in [-0.15, -0.1) is 0 Å². The van der Waals surface area contributed by atoms with E-state index in [1.165, 1.54) is 38.2 Å². The normalized spacial score (nSPS) is 26.0. The lowest BCUT2D eigenvalue weighted by Gasteiger charge is -2.34. The molecular formula is C16H29N5. The van der Waals surface area contributed by atoms with Crippen LogP contribution in [0.2, 0.25) is 0 Å². The number of aromatic nitrogens is 2. The highest BCUT2D eigenvalue weighted by Crippen LogP contribution is 2.21. The molecule has 5 nitrogen and oxygen atoms in total. The van der Waals surface area contributed by atoms with Gasteiger partial charge in [-0.25, -0.2) is 0 Å². The quantitative estimate of drug-likeness (QED) is 0.912. The van der Waals surface area contributed by atoms with Crippen molar-refractivity contribution in [2.75, 3.05) is 26.2 Å². The van der Waals surface area contributed by atoms with E-state index in [0.717, 1.165) is 25.4 Å². The van der Waals surface area contributed by atoms with Crippen molar-refractivity contribution in [3.63, 3.8) is 0 Å². The second-order valence-corrected chi connectivity index (χ2v) is 6.97. The Morgan fingerprint density at radius 2 is 2.00 bits per heavy atom. The maximum absolute atomic E-state index is 6.01. The molecule has 2 N–H and O–H groups in total. The maximum Gasteiger partial charge on any atom is 0.0534 e. The van der Waals surface area contributed by atoms with E-state index in [0.29, 0.717) is 12.1 Å². The number of piperidine rings is 1. The van der Waals surface area contributed by atoms with Gasteiger partial charge in [-0.2, -0.15) is 5.10 Å². The zero-order valence-electron chi connectivity index (χ0n) is 13.4. The molecule has 0 aliphatic carbocycles. The fraction of sp³-hybridized carbons (Fsp3) is 0.812. The summed E-state index contributed by atoms with van der Waals surface area (Å²) < 4.78 is 2.05. The Morgan fingerprint density at radius 1 is 1.24 bits per heavy atom. The van der Waals surface area contributed by atoms with Crippen molar-refractivity contribution in [2.45, 2.75) is 57.8 Å². The van der Waals surface area contributed by atoms with Gasteiger partial charge >= 0.3 is 0 Å². The van der Waals surface area contributed by atoms with Gasteiger partial charge in [0.2, 0.25) is 0 Å². The predicted molar refractivity (Wildman–Crippen MR) is 85.1 cm³/mol. The van der Waals surface area contributed by atoms with Crippen LogP contribution >= 0.6 is 0 Å². The fourth-order valence-electron chi connectivity index (χ4n) is 3.54. The SMILES string of the molecule is CC(C)n1cc(CN2CCC(N3CCC(N)CC3)C2)cn1. The molecule has 3 rings (SSSR count). The summed E-state index contributed by atoms with van der Waals surface area (Å²) in [5.41, 5.74) is 7.34. The molecule has 0 radical (unpaired) electrons. The summed E-state index contributed by atoms with van der Waals surface area (Å²) >= 11 is 0. The minimum absolute atomic E-state index is 0.431. The standard InChI is InChI=1S/C16H29N5/c1-13(2)21-11-14(9-18-21)10-19-6-5-16(12-19)20-7-3-15(17)4-8-20/h9,11,13,15-16H,3-8,10,12,17H2,1-2H3. The van der Waals surface area contributed by atoms with Crippen LogP contribution in [0.3, 0.4) is 0 Å². The van der Waals surface area contributed by atoms with Crippen LogP contribution in [0.1, 0.15) is 44.7 Å². The smallest absolute Gasteiger partial charge is 0.0534 e. The van der Waals surface area contributed by atoms with E-state index in [4.69, 9.17) is 5.73 Å². The van der Waals surface area contributed by atoms with Crippen LogP contribution < -0.4 is 5.73 Å². The van der Waals surface area contributed by atoms with Crippen LogP contribution in [-0.4, -0.2) is 57.8 Å². The van der Waals surface area contributed by atoms with Crippen molar-refractivity contribution in [2.24, 2.45) is 5.73 Å². The first-order chi connectivity index (χ1) is 10.1. The Labute approximate surface area is 128 Å². The predicted octanol–water partition coefficient (Wildman–Crippen LogP) is 1.46. The average molecular weight is 291 g/mol. The number of nitrogens with two attached hydrogens (primary N) is 1. The Morgan fingerprint density at radius 3 is 2.67 bits per heavy atom. The monoisotopic (exact) mass is 291 g/mol. The fourth-order valence-corrected chi connectivity index (χ4v) is 3.54. The first kappa shape index (κ1) is 15.0. The average Bonchev–Trinajstić information content (AvgIpc) is 3.10.